The molecule has 0 radical (unpaired) electrons. The molecule has 2 aromatic carbocycles. The quantitative estimate of drug-likeness (QED) is 0.333. The Labute approximate surface area is 274 Å². The Kier molecular flexibility index (Phi) is 9.87. The van der Waals surface area contributed by atoms with Crippen molar-refractivity contribution in [3.05, 3.63) is 58.1 Å². The van der Waals surface area contributed by atoms with E-state index in [1.807, 2.05) is 13.0 Å². The molecule has 8 nitrogen and oxygen atoms in total. The van der Waals surface area contributed by atoms with Gasteiger partial charge in [0.25, 0.3) is 5.91 Å². The highest BCUT2D eigenvalue weighted by atomic mass is 35.5. The van der Waals surface area contributed by atoms with Gasteiger partial charge < -0.3 is 19.6 Å². The van der Waals surface area contributed by atoms with Crippen LogP contribution in [0.1, 0.15) is 87.7 Å². The number of hydrogen-bond acceptors (Lipinski definition) is 7. The standard InChI is InChI=1S/C35H50ClN3O5S/c1-7-28(38(5)6)19-34(4,41)29-13-10-26(29)20-39-21-35(16-8-9-24-17-27(36)12-14-30(24)35)22-44-32-15-11-25(18-31(32)39)33(40)37-45(42,43)23(2)3/h11-12,14-15,17-18,23,26,28-29,41H,7-10,13,16,19-22H2,1-6H3,(H,37,40)/t26-,28-,29+,34+,35-/m0/s1. The van der Waals surface area contributed by atoms with E-state index in [9.17, 15) is 18.3 Å². The fourth-order valence-corrected chi connectivity index (χ4v) is 8.58. The molecule has 5 atom stereocenters. The van der Waals surface area contributed by atoms with Gasteiger partial charge in [0.05, 0.1) is 23.1 Å². The van der Waals surface area contributed by atoms with Gasteiger partial charge >= 0.3 is 0 Å². The van der Waals surface area contributed by atoms with Crippen LogP contribution in [0.4, 0.5) is 5.69 Å². The lowest BCUT2D eigenvalue weighted by molar-refractivity contribution is -0.0845. The number of anilines is 1. The van der Waals surface area contributed by atoms with E-state index >= 15 is 0 Å². The Balaban J connectivity index is 1.50. The second-order valence-corrected chi connectivity index (χ2v) is 17.0. The number of nitrogens with one attached hydrogen (secondary N) is 1. The molecule has 1 fully saturated rings. The molecular formula is C35H50ClN3O5S. The lowest BCUT2D eigenvalue weighted by Crippen LogP contribution is -2.53. The van der Waals surface area contributed by atoms with Crippen LogP contribution in [0.25, 0.3) is 0 Å². The Morgan fingerprint density at radius 1 is 1.22 bits per heavy atom. The largest absolute Gasteiger partial charge is 0.490 e. The first-order valence-corrected chi connectivity index (χ1v) is 18.3. The highest BCUT2D eigenvalue weighted by molar-refractivity contribution is 7.90. The fraction of sp³-hybridized carbons (Fsp3) is 0.629. The molecule has 0 aromatic heterocycles. The normalized spacial score (nSPS) is 25.1. The van der Waals surface area contributed by atoms with Gasteiger partial charge in [-0.05, 0) is 133 Å². The zero-order valence-corrected chi connectivity index (χ0v) is 29.2. The summed E-state index contributed by atoms with van der Waals surface area (Å²) in [5.74, 6) is 0.435. The first-order chi connectivity index (χ1) is 21.2. The minimum absolute atomic E-state index is 0.148. The Morgan fingerprint density at radius 3 is 2.62 bits per heavy atom. The summed E-state index contributed by atoms with van der Waals surface area (Å²) < 4.78 is 33.9. The monoisotopic (exact) mass is 659 g/mol. The number of nitrogens with zero attached hydrogens (tertiary/aromatic N) is 2. The van der Waals surface area contributed by atoms with E-state index in [4.69, 9.17) is 16.3 Å². The number of amides is 1. The summed E-state index contributed by atoms with van der Waals surface area (Å²) in [5, 5.41) is 11.8. The van der Waals surface area contributed by atoms with Crippen molar-refractivity contribution in [1.82, 2.24) is 9.62 Å². The third kappa shape index (κ3) is 7.02. The van der Waals surface area contributed by atoms with E-state index in [2.05, 4.69) is 47.7 Å². The molecule has 10 heteroatoms. The summed E-state index contributed by atoms with van der Waals surface area (Å²) in [7, 11) is 0.360. The van der Waals surface area contributed by atoms with Crippen molar-refractivity contribution in [2.75, 3.05) is 38.7 Å². The summed E-state index contributed by atoms with van der Waals surface area (Å²) in [6.07, 6.45) is 6.62. The number of rotatable bonds is 10. The van der Waals surface area contributed by atoms with Crippen LogP contribution in [0.5, 0.6) is 5.75 Å². The Bertz CT molecular complexity index is 1510. The number of ether oxygens (including phenoxy) is 1. The number of aliphatic hydroxyl groups is 1. The van der Waals surface area contributed by atoms with Crippen LogP contribution in [0.15, 0.2) is 36.4 Å². The molecule has 248 valence electrons. The molecule has 2 aromatic rings. The van der Waals surface area contributed by atoms with Crippen LogP contribution in [0.2, 0.25) is 5.02 Å². The number of fused-ring (bicyclic) bond motifs is 3. The molecule has 2 N–H and O–H groups in total. The third-order valence-electron chi connectivity index (χ3n) is 10.7. The number of benzene rings is 2. The molecule has 3 aliphatic rings. The zero-order valence-electron chi connectivity index (χ0n) is 27.6. The van der Waals surface area contributed by atoms with Crippen molar-refractivity contribution in [3.63, 3.8) is 0 Å². The average Bonchev–Trinajstić information content (AvgIpc) is 3.10. The van der Waals surface area contributed by atoms with Crippen molar-refractivity contribution >= 4 is 33.2 Å². The van der Waals surface area contributed by atoms with Gasteiger partial charge in [-0.15, -0.1) is 0 Å². The van der Waals surface area contributed by atoms with Crippen LogP contribution in [0, 0.1) is 11.8 Å². The first-order valence-electron chi connectivity index (χ1n) is 16.4. The van der Waals surface area contributed by atoms with Crippen molar-refractivity contribution in [2.24, 2.45) is 11.8 Å². The number of halogens is 1. The van der Waals surface area contributed by atoms with Gasteiger partial charge in [-0.2, -0.15) is 0 Å². The zero-order chi connectivity index (χ0) is 32.7. The highest BCUT2D eigenvalue weighted by Gasteiger charge is 2.47. The lowest BCUT2D eigenvalue weighted by Gasteiger charge is -2.50. The summed E-state index contributed by atoms with van der Waals surface area (Å²) >= 11 is 6.42. The summed E-state index contributed by atoms with van der Waals surface area (Å²) in [6, 6.07) is 11.7. The maximum Gasteiger partial charge on any atom is 0.264 e. The highest BCUT2D eigenvalue weighted by Crippen LogP contribution is 2.48. The van der Waals surface area contributed by atoms with Gasteiger partial charge in [-0.1, -0.05) is 24.6 Å². The maximum atomic E-state index is 13.2. The topological polar surface area (TPSA) is 99.2 Å². The Morgan fingerprint density at radius 2 is 1.98 bits per heavy atom. The van der Waals surface area contributed by atoms with E-state index < -0.39 is 26.8 Å². The minimum Gasteiger partial charge on any atom is -0.490 e. The van der Waals surface area contributed by atoms with E-state index in [-0.39, 0.29) is 22.8 Å². The molecule has 1 amide bonds. The second-order valence-electron chi connectivity index (χ2n) is 14.3. The predicted octanol–water partition coefficient (Wildman–Crippen LogP) is 5.79. The lowest BCUT2D eigenvalue weighted by atomic mass is 9.63. The number of aryl methyl sites for hydroxylation is 1. The number of sulfonamides is 1. The smallest absolute Gasteiger partial charge is 0.264 e. The molecule has 2 aliphatic carbocycles. The van der Waals surface area contributed by atoms with Crippen molar-refractivity contribution < 1.29 is 23.1 Å². The molecular weight excluding hydrogens is 610 g/mol. The summed E-state index contributed by atoms with van der Waals surface area (Å²) in [6.45, 7) is 9.13. The molecule has 5 rings (SSSR count). The SMILES string of the molecule is CC[C@@H](C[C@@](C)(O)[C@@H]1CC[C@H]1CN1C[C@@]2(CCCc3cc(Cl)ccc32)COc2ccc(C(=O)NS(=O)(=O)C(C)C)cc21)N(C)C. The van der Waals surface area contributed by atoms with E-state index in [1.165, 1.54) is 11.1 Å². The van der Waals surface area contributed by atoms with Gasteiger partial charge in [0.2, 0.25) is 10.0 Å². The van der Waals surface area contributed by atoms with Crippen LogP contribution in [-0.2, 0) is 21.9 Å². The summed E-state index contributed by atoms with van der Waals surface area (Å²) in [4.78, 5) is 17.7. The fourth-order valence-electron chi connectivity index (χ4n) is 7.77. The van der Waals surface area contributed by atoms with Crippen LogP contribution >= 0.6 is 11.6 Å². The number of carbonyl (C=O) groups is 1. The second kappa shape index (κ2) is 13.1. The van der Waals surface area contributed by atoms with Gasteiger partial charge in [0.1, 0.15) is 5.75 Å². The van der Waals surface area contributed by atoms with E-state index in [0.717, 1.165) is 49.2 Å². The van der Waals surface area contributed by atoms with Crippen molar-refractivity contribution in [3.8, 4) is 5.75 Å². The minimum atomic E-state index is -3.79. The molecule has 1 spiro atoms. The van der Waals surface area contributed by atoms with E-state index in [1.54, 1.807) is 32.0 Å². The molecule has 1 heterocycles. The van der Waals surface area contributed by atoms with Crippen LogP contribution in [0.3, 0.4) is 0 Å². The van der Waals surface area contributed by atoms with Gasteiger partial charge in [-0.3, -0.25) is 4.79 Å². The van der Waals surface area contributed by atoms with Crippen LogP contribution < -0.4 is 14.4 Å². The number of carbonyl (C=O) groups excluding carboxylic acids is 1. The molecule has 0 saturated heterocycles. The van der Waals surface area contributed by atoms with Gasteiger partial charge in [-0.25, -0.2) is 13.1 Å². The maximum absolute atomic E-state index is 13.2. The van der Waals surface area contributed by atoms with Crippen molar-refractivity contribution in [1.29, 1.82) is 0 Å². The van der Waals surface area contributed by atoms with Crippen LogP contribution in [-0.4, -0.2) is 75.0 Å². The van der Waals surface area contributed by atoms with Gasteiger partial charge in [0, 0.05) is 35.1 Å². The molecule has 1 saturated carbocycles. The third-order valence-corrected chi connectivity index (χ3v) is 12.6. The van der Waals surface area contributed by atoms with E-state index in [0.29, 0.717) is 37.9 Å². The number of hydrogen-bond donors (Lipinski definition) is 2. The predicted molar refractivity (Wildman–Crippen MR) is 181 cm³/mol. The Hall–Kier alpha value is -2.33. The van der Waals surface area contributed by atoms with Gasteiger partial charge in [0.15, 0.2) is 0 Å². The molecule has 45 heavy (non-hydrogen) atoms. The molecule has 0 unspecified atom stereocenters. The summed E-state index contributed by atoms with van der Waals surface area (Å²) in [5.41, 5.74) is 2.48. The average molecular weight is 660 g/mol. The van der Waals surface area contributed by atoms with Crippen molar-refractivity contribution in [2.45, 2.75) is 94.9 Å². The molecule has 1 aliphatic heterocycles. The molecule has 0 bridgehead atoms. The first kappa shape index (κ1) is 34.0.